The number of carbonyl (C=O) groups excluding carboxylic acids is 1. The van der Waals surface area contributed by atoms with Gasteiger partial charge in [0.2, 0.25) is 5.91 Å². The number of amides is 1. The maximum Gasteiger partial charge on any atom is 0.228 e. The Balaban J connectivity index is 2.03. The molecule has 0 heterocycles. The summed E-state index contributed by atoms with van der Waals surface area (Å²) >= 11 is 2.16. The molecule has 5 heteroatoms. The molecule has 2 aromatic carbocycles. The van der Waals surface area contributed by atoms with E-state index in [0.29, 0.717) is 5.69 Å². The molecule has 0 saturated heterocycles. The van der Waals surface area contributed by atoms with Crippen molar-refractivity contribution in [2.24, 2.45) is 0 Å². The molecule has 98 valence electrons. The molecular formula is C14H10F2INO. The molecule has 0 fully saturated rings. The van der Waals surface area contributed by atoms with E-state index in [9.17, 15) is 13.6 Å². The number of rotatable bonds is 3. The number of halogens is 3. The first-order valence-corrected chi connectivity index (χ1v) is 6.62. The molecule has 1 amide bonds. The van der Waals surface area contributed by atoms with Gasteiger partial charge in [0.15, 0.2) is 0 Å². The normalized spacial score (nSPS) is 10.3. The molecule has 0 spiro atoms. The maximum absolute atomic E-state index is 13.4. The molecule has 0 unspecified atom stereocenters. The quantitative estimate of drug-likeness (QED) is 0.816. The van der Waals surface area contributed by atoms with E-state index in [1.165, 1.54) is 6.07 Å². The van der Waals surface area contributed by atoms with Gasteiger partial charge in [-0.2, -0.15) is 0 Å². The standard InChI is InChI=1S/C14H10F2INO/c15-10-2-1-9(13(16)8-10)7-14(19)18-12-5-3-11(17)4-6-12/h1-6,8H,7H2,(H,18,19). The highest BCUT2D eigenvalue weighted by Crippen LogP contribution is 2.13. The van der Waals surface area contributed by atoms with Crippen molar-refractivity contribution in [1.82, 2.24) is 0 Å². The average Bonchev–Trinajstić information content (AvgIpc) is 2.36. The zero-order chi connectivity index (χ0) is 13.8. The minimum atomic E-state index is -0.710. The van der Waals surface area contributed by atoms with Crippen LogP contribution in [-0.4, -0.2) is 5.91 Å². The van der Waals surface area contributed by atoms with Gasteiger partial charge in [-0.3, -0.25) is 4.79 Å². The van der Waals surface area contributed by atoms with Gasteiger partial charge in [0.1, 0.15) is 11.6 Å². The zero-order valence-corrected chi connectivity index (χ0v) is 11.9. The third-order valence-electron chi connectivity index (χ3n) is 2.49. The lowest BCUT2D eigenvalue weighted by molar-refractivity contribution is -0.115. The average molecular weight is 373 g/mol. The lowest BCUT2D eigenvalue weighted by Crippen LogP contribution is -2.15. The number of carbonyl (C=O) groups is 1. The maximum atomic E-state index is 13.4. The number of hydrogen-bond donors (Lipinski definition) is 1. The second kappa shape index (κ2) is 6.10. The lowest BCUT2D eigenvalue weighted by Gasteiger charge is -2.06. The zero-order valence-electron chi connectivity index (χ0n) is 9.79. The number of hydrogen-bond acceptors (Lipinski definition) is 1. The van der Waals surface area contributed by atoms with Gasteiger partial charge in [-0.05, 0) is 58.5 Å². The van der Waals surface area contributed by atoms with Crippen LogP contribution in [0.25, 0.3) is 0 Å². The van der Waals surface area contributed by atoms with E-state index in [1.807, 2.05) is 12.1 Å². The Kier molecular flexibility index (Phi) is 4.47. The molecule has 2 rings (SSSR count). The van der Waals surface area contributed by atoms with Gasteiger partial charge in [-0.1, -0.05) is 6.07 Å². The van der Waals surface area contributed by atoms with Crippen LogP contribution in [0.2, 0.25) is 0 Å². The van der Waals surface area contributed by atoms with Crippen molar-refractivity contribution in [3.05, 3.63) is 63.2 Å². The highest BCUT2D eigenvalue weighted by atomic mass is 127. The third kappa shape index (κ3) is 3.99. The molecule has 0 aliphatic carbocycles. The third-order valence-corrected chi connectivity index (χ3v) is 3.21. The predicted octanol–water partition coefficient (Wildman–Crippen LogP) is 3.75. The molecule has 0 atom stereocenters. The summed E-state index contributed by atoms with van der Waals surface area (Å²) in [5, 5.41) is 2.66. The van der Waals surface area contributed by atoms with Crippen molar-refractivity contribution in [2.75, 3.05) is 5.32 Å². The highest BCUT2D eigenvalue weighted by Gasteiger charge is 2.09. The first-order chi connectivity index (χ1) is 9.04. The van der Waals surface area contributed by atoms with Crippen molar-refractivity contribution in [1.29, 1.82) is 0 Å². The van der Waals surface area contributed by atoms with Crippen LogP contribution in [0.1, 0.15) is 5.56 Å². The van der Waals surface area contributed by atoms with Crippen molar-refractivity contribution in [3.63, 3.8) is 0 Å². The molecule has 19 heavy (non-hydrogen) atoms. The van der Waals surface area contributed by atoms with E-state index in [4.69, 9.17) is 0 Å². The number of nitrogens with one attached hydrogen (secondary N) is 1. The predicted molar refractivity (Wildman–Crippen MR) is 77.9 cm³/mol. The van der Waals surface area contributed by atoms with E-state index in [-0.39, 0.29) is 17.9 Å². The summed E-state index contributed by atoms with van der Waals surface area (Å²) in [4.78, 5) is 11.7. The van der Waals surface area contributed by atoms with Crippen molar-refractivity contribution in [3.8, 4) is 0 Å². The minimum Gasteiger partial charge on any atom is -0.326 e. The van der Waals surface area contributed by atoms with Crippen LogP contribution in [0, 0.1) is 15.2 Å². The summed E-state index contributed by atoms with van der Waals surface area (Å²) in [5.41, 5.74) is 0.817. The summed E-state index contributed by atoms with van der Waals surface area (Å²) < 4.78 is 27.2. The van der Waals surface area contributed by atoms with Gasteiger partial charge in [0.05, 0.1) is 6.42 Å². The van der Waals surface area contributed by atoms with E-state index in [1.54, 1.807) is 12.1 Å². The molecule has 2 nitrogen and oxygen atoms in total. The Bertz CT molecular complexity index is 599. The van der Waals surface area contributed by atoms with Crippen LogP contribution in [-0.2, 0) is 11.2 Å². The first kappa shape index (κ1) is 13.9. The van der Waals surface area contributed by atoms with E-state index < -0.39 is 11.6 Å². The number of benzene rings is 2. The van der Waals surface area contributed by atoms with Crippen LogP contribution in [0.15, 0.2) is 42.5 Å². The summed E-state index contributed by atoms with van der Waals surface area (Å²) in [5.74, 6) is -1.70. The molecule has 2 aromatic rings. The van der Waals surface area contributed by atoms with E-state index in [0.717, 1.165) is 15.7 Å². The molecule has 0 aromatic heterocycles. The molecule has 0 radical (unpaired) electrons. The highest BCUT2D eigenvalue weighted by molar-refractivity contribution is 14.1. The van der Waals surface area contributed by atoms with Crippen molar-refractivity contribution >= 4 is 34.2 Å². The largest absolute Gasteiger partial charge is 0.326 e. The minimum absolute atomic E-state index is 0.127. The van der Waals surface area contributed by atoms with Gasteiger partial charge in [-0.15, -0.1) is 0 Å². The smallest absolute Gasteiger partial charge is 0.228 e. The van der Waals surface area contributed by atoms with Gasteiger partial charge in [-0.25, -0.2) is 8.78 Å². The van der Waals surface area contributed by atoms with Crippen LogP contribution >= 0.6 is 22.6 Å². The first-order valence-electron chi connectivity index (χ1n) is 5.54. The van der Waals surface area contributed by atoms with Gasteiger partial charge >= 0.3 is 0 Å². The number of anilines is 1. The van der Waals surface area contributed by atoms with Gasteiger partial charge in [0.25, 0.3) is 0 Å². The summed E-state index contributed by atoms with van der Waals surface area (Å²) in [6.45, 7) is 0. The lowest BCUT2D eigenvalue weighted by atomic mass is 10.1. The summed E-state index contributed by atoms with van der Waals surface area (Å²) in [6, 6.07) is 10.4. The fourth-order valence-electron chi connectivity index (χ4n) is 1.58. The summed E-state index contributed by atoms with van der Waals surface area (Å²) in [7, 11) is 0. The molecular weight excluding hydrogens is 363 g/mol. The van der Waals surface area contributed by atoms with Crippen molar-refractivity contribution < 1.29 is 13.6 Å². The van der Waals surface area contributed by atoms with Crippen LogP contribution in [0.5, 0.6) is 0 Å². The second-order valence-electron chi connectivity index (χ2n) is 3.97. The fraction of sp³-hybridized carbons (Fsp3) is 0.0714. The van der Waals surface area contributed by atoms with E-state index >= 15 is 0 Å². The van der Waals surface area contributed by atoms with Gasteiger partial charge in [0, 0.05) is 15.3 Å². The monoisotopic (exact) mass is 373 g/mol. The molecule has 1 N–H and O–H groups in total. The molecule has 0 bridgehead atoms. The Morgan fingerprint density at radius 2 is 1.79 bits per heavy atom. The van der Waals surface area contributed by atoms with Crippen LogP contribution in [0.3, 0.4) is 0 Å². The Morgan fingerprint density at radius 1 is 1.11 bits per heavy atom. The Morgan fingerprint density at radius 3 is 2.42 bits per heavy atom. The Labute approximate surface area is 123 Å². The van der Waals surface area contributed by atoms with Crippen LogP contribution < -0.4 is 5.32 Å². The van der Waals surface area contributed by atoms with Gasteiger partial charge < -0.3 is 5.32 Å². The molecule has 0 aliphatic heterocycles. The SMILES string of the molecule is O=C(Cc1ccc(F)cc1F)Nc1ccc(I)cc1. The topological polar surface area (TPSA) is 29.1 Å². The van der Waals surface area contributed by atoms with E-state index in [2.05, 4.69) is 27.9 Å². The fourth-order valence-corrected chi connectivity index (χ4v) is 1.94. The molecule has 0 saturated carbocycles. The Hall–Kier alpha value is -1.50. The second-order valence-corrected chi connectivity index (χ2v) is 5.21. The molecule has 0 aliphatic rings. The van der Waals surface area contributed by atoms with Crippen molar-refractivity contribution in [2.45, 2.75) is 6.42 Å². The van der Waals surface area contributed by atoms with Crippen LogP contribution in [0.4, 0.5) is 14.5 Å². The summed E-state index contributed by atoms with van der Waals surface area (Å²) in [6.07, 6.45) is -0.127.